The van der Waals surface area contributed by atoms with Crippen LogP contribution >= 0.6 is 0 Å². The fourth-order valence-corrected chi connectivity index (χ4v) is 1.38. The zero-order chi connectivity index (χ0) is 13.0. The molecule has 17 heavy (non-hydrogen) atoms. The summed E-state index contributed by atoms with van der Waals surface area (Å²) in [5, 5.41) is 47.4. The van der Waals surface area contributed by atoms with Gasteiger partial charge in [0.1, 0.15) is 6.10 Å². The quantitative estimate of drug-likeness (QED) is 0.428. The van der Waals surface area contributed by atoms with Crippen molar-refractivity contribution < 1.29 is 25.3 Å². The van der Waals surface area contributed by atoms with Crippen molar-refractivity contribution in [3.8, 4) is 5.75 Å². The molecule has 2 unspecified atom stereocenters. The average molecular weight is 243 g/mol. The van der Waals surface area contributed by atoms with Crippen LogP contribution in [0.2, 0.25) is 0 Å². The summed E-state index contributed by atoms with van der Waals surface area (Å²) in [6.45, 7) is -0.307. The maximum absolute atomic E-state index is 10.6. The Bertz CT molecular complexity index is 408. The van der Waals surface area contributed by atoms with Crippen LogP contribution in [-0.4, -0.2) is 38.1 Å². The lowest BCUT2D eigenvalue weighted by Gasteiger charge is -2.17. The van der Waals surface area contributed by atoms with Gasteiger partial charge in [-0.15, -0.1) is 0 Å². The number of hydrogen-bond donors (Lipinski definition) is 4. The van der Waals surface area contributed by atoms with Crippen molar-refractivity contribution in [2.75, 3.05) is 6.61 Å². The summed E-state index contributed by atoms with van der Waals surface area (Å²) in [7, 11) is 0. The lowest BCUT2D eigenvalue weighted by Crippen LogP contribution is -2.19. The summed E-state index contributed by atoms with van der Waals surface area (Å²) in [6.07, 6.45) is -2.61. The second-order valence-corrected chi connectivity index (χ2v) is 3.53. The molecule has 1 aromatic rings. The SMILES string of the molecule is O=[N+]([O-])c1cc(C(O)C(O)CCO)ccc1O. The maximum atomic E-state index is 10.6. The van der Waals surface area contributed by atoms with Crippen molar-refractivity contribution in [2.45, 2.75) is 18.6 Å². The number of hydrogen-bond acceptors (Lipinski definition) is 6. The smallest absolute Gasteiger partial charge is 0.311 e. The molecule has 1 aromatic carbocycles. The summed E-state index contributed by atoms with van der Waals surface area (Å²) in [4.78, 5) is 9.77. The predicted octanol–water partition coefficient (Wildman–Crippen LogP) is 0.0771. The number of nitro benzene ring substituents is 1. The van der Waals surface area contributed by atoms with Gasteiger partial charge in [0.15, 0.2) is 5.75 Å². The molecule has 0 heterocycles. The van der Waals surface area contributed by atoms with Gasteiger partial charge in [0.05, 0.1) is 11.0 Å². The molecule has 0 aromatic heterocycles. The summed E-state index contributed by atoms with van der Waals surface area (Å²) in [5.41, 5.74) is -0.437. The molecule has 0 aliphatic carbocycles. The van der Waals surface area contributed by atoms with Crippen molar-refractivity contribution in [2.24, 2.45) is 0 Å². The van der Waals surface area contributed by atoms with E-state index < -0.39 is 28.6 Å². The minimum absolute atomic E-state index is 0.0458. The highest BCUT2D eigenvalue weighted by Gasteiger charge is 2.22. The second kappa shape index (κ2) is 5.58. The Hall–Kier alpha value is -1.70. The second-order valence-electron chi connectivity index (χ2n) is 3.53. The van der Waals surface area contributed by atoms with Gasteiger partial charge in [-0.25, -0.2) is 0 Å². The Morgan fingerprint density at radius 2 is 2.00 bits per heavy atom. The average Bonchev–Trinajstić information content (AvgIpc) is 2.28. The normalized spacial score (nSPS) is 14.3. The molecular weight excluding hydrogens is 230 g/mol. The van der Waals surface area contributed by atoms with Gasteiger partial charge in [-0.2, -0.15) is 0 Å². The molecule has 1 rings (SSSR count). The summed E-state index contributed by atoms with van der Waals surface area (Å²) < 4.78 is 0. The number of nitrogens with zero attached hydrogens (tertiary/aromatic N) is 1. The number of benzene rings is 1. The number of phenolic OH excluding ortho intramolecular Hbond substituents is 1. The van der Waals surface area contributed by atoms with Gasteiger partial charge in [-0.1, -0.05) is 6.07 Å². The molecule has 0 amide bonds. The zero-order valence-electron chi connectivity index (χ0n) is 8.85. The Morgan fingerprint density at radius 1 is 1.35 bits per heavy atom. The summed E-state index contributed by atoms with van der Waals surface area (Å²) >= 11 is 0. The Balaban J connectivity index is 2.99. The van der Waals surface area contributed by atoms with Gasteiger partial charge in [0, 0.05) is 12.7 Å². The molecule has 2 atom stereocenters. The van der Waals surface area contributed by atoms with Crippen molar-refractivity contribution in [1.29, 1.82) is 0 Å². The van der Waals surface area contributed by atoms with E-state index in [1.54, 1.807) is 0 Å². The van der Waals surface area contributed by atoms with E-state index in [0.29, 0.717) is 0 Å². The highest BCUT2D eigenvalue weighted by Crippen LogP contribution is 2.30. The van der Waals surface area contributed by atoms with Crippen LogP contribution in [-0.2, 0) is 0 Å². The van der Waals surface area contributed by atoms with E-state index in [4.69, 9.17) is 5.11 Å². The number of phenols is 1. The standard InChI is InChI=1S/C10H13NO6/c12-4-3-9(14)10(15)6-1-2-8(13)7(5-6)11(16)17/h1-2,5,9-10,12-15H,3-4H2. The molecule has 0 bridgehead atoms. The first-order valence-electron chi connectivity index (χ1n) is 4.91. The molecule has 7 nitrogen and oxygen atoms in total. The third-order valence-corrected chi connectivity index (χ3v) is 2.33. The molecule has 0 aliphatic rings. The third kappa shape index (κ3) is 3.13. The molecule has 4 N–H and O–H groups in total. The fraction of sp³-hybridized carbons (Fsp3) is 0.400. The number of aliphatic hydroxyl groups excluding tert-OH is 3. The lowest BCUT2D eigenvalue weighted by atomic mass is 10.0. The van der Waals surface area contributed by atoms with E-state index in [1.807, 2.05) is 0 Å². The van der Waals surface area contributed by atoms with Gasteiger partial charge in [0.25, 0.3) is 0 Å². The Morgan fingerprint density at radius 3 is 2.53 bits per heavy atom. The van der Waals surface area contributed by atoms with Crippen molar-refractivity contribution >= 4 is 5.69 Å². The van der Waals surface area contributed by atoms with E-state index in [0.717, 1.165) is 12.1 Å². The van der Waals surface area contributed by atoms with Crippen molar-refractivity contribution in [1.82, 2.24) is 0 Å². The van der Waals surface area contributed by atoms with Gasteiger partial charge in [0.2, 0.25) is 0 Å². The Labute approximate surface area is 96.7 Å². The van der Waals surface area contributed by atoms with Crippen LogP contribution in [0.15, 0.2) is 18.2 Å². The van der Waals surface area contributed by atoms with E-state index in [2.05, 4.69) is 0 Å². The minimum atomic E-state index is -1.35. The molecule has 7 heteroatoms. The van der Waals surface area contributed by atoms with E-state index >= 15 is 0 Å². The molecule has 94 valence electrons. The number of rotatable bonds is 5. The highest BCUT2D eigenvalue weighted by molar-refractivity contribution is 5.48. The first-order chi connectivity index (χ1) is 7.97. The van der Waals surface area contributed by atoms with Gasteiger partial charge >= 0.3 is 5.69 Å². The molecule has 0 fully saturated rings. The fourth-order valence-electron chi connectivity index (χ4n) is 1.38. The third-order valence-electron chi connectivity index (χ3n) is 2.33. The number of aromatic hydroxyl groups is 1. The van der Waals surface area contributed by atoms with Gasteiger partial charge < -0.3 is 20.4 Å². The molecule has 0 saturated heterocycles. The monoisotopic (exact) mass is 243 g/mol. The van der Waals surface area contributed by atoms with Gasteiger partial charge in [-0.05, 0) is 18.1 Å². The van der Waals surface area contributed by atoms with Crippen LogP contribution in [0.5, 0.6) is 5.75 Å². The molecular formula is C10H13NO6. The van der Waals surface area contributed by atoms with Crippen molar-refractivity contribution in [3.05, 3.63) is 33.9 Å². The van der Waals surface area contributed by atoms with Crippen LogP contribution in [0.1, 0.15) is 18.1 Å². The summed E-state index contributed by atoms with van der Waals surface area (Å²) in [5.74, 6) is -0.511. The largest absolute Gasteiger partial charge is 0.502 e. The molecule has 0 radical (unpaired) electrons. The van der Waals surface area contributed by atoms with Crippen LogP contribution in [0.25, 0.3) is 0 Å². The van der Waals surface area contributed by atoms with Gasteiger partial charge in [-0.3, -0.25) is 10.1 Å². The predicted molar refractivity (Wildman–Crippen MR) is 57.4 cm³/mol. The molecule has 0 saturated carbocycles. The topological polar surface area (TPSA) is 124 Å². The molecule has 0 aliphatic heterocycles. The van der Waals surface area contributed by atoms with Crippen LogP contribution in [0, 0.1) is 10.1 Å². The van der Waals surface area contributed by atoms with Crippen LogP contribution in [0.3, 0.4) is 0 Å². The molecule has 0 spiro atoms. The van der Waals surface area contributed by atoms with Crippen LogP contribution < -0.4 is 0 Å². The first-order valence-corrected chi connectivity index (χ1v) is 4.91. The van der Waals surface area contributed by atoms with E-state index in [-0.39, 0.29) is 18.6 Å². The minimum Gasteiger partial charge on any atom is -0.502 e. The summed E-state index contributed by atoms with van der Waals surface area (Å²) in [6, 6.07) is 3.33. The maximum Gasteiger partial charge on any atom is 0.311 e. The first kappa shape index (κ1) is 13.4. The number of aliphatic hydroxyl groups is 3. The van der Waals surface area contributed by atoms with E-state index in [1.165, 1.54) is 6.07 Å². The highest BCUT2D eigenvalue weighted by atomic mass is 16.6. The van der Waals surface area contributed by atoms with Crippen molar-refractivity contribution in [3.63, 3.8) is 0 Å². The van der Waals surface area contributed by atoms with Crippen LogP contribution in [0.4, 0.5) is 5.69 Å². The zero-order valence-corrected chi connectivity index (χ0v) is 8.85. The van der Waals surface area contributed by atoms with E-state index in [9.17, 15) is 25.4 Å². The number of nitro groups is 1. The lowest BCUT2D eigenvalue weighted by molar-refractivity contribution is -0.386. The Kier molecular flexibility index (Phi) is 4.38.